The van der Waals surface area contributed by atoms with Crippen molar-refractivity contribution in [3.8, 4) is 5.75 Å². The number of aromatic carboxylic acids is 1. The Hall–Kier alpha value is -1.78. The fourth-order valence-corrected chi connectivity index (χ4v) is 1.76. The summed E-state index contributed by atoms with van der Waals surface area (Å²) in [5.41, 5.74) is -2.79. The number of hydrogen-bond acceptors (Lipinski definition) is 4. The highest BCUT2D eigenvalue weighted by Gasteiger charge is 2.30. The number of hydrogen-bond donors (Lipinski definition) is 1. The SMILES string of the molecule is Cc1c(C(=O)O)cc(OS(=O)(=O)F)cc1[B-](F)(F)F. The third-order valence-electron chi connectivity index (χ3n) is 2.20. The van der Waals surface area contributed by atoms with Gasteiger partial charge in [0, 0.05) is 0 Å². The van der Waals surface area contributed by atoms with Crippen LogP contribution in [0.3, 0.4) is 0 Å². The lowest BCUT2D eigenvalue weighted by Gasteiger charge is -2.20. The van der Waals surface area contributed by atoms with Crippen LogP contribution >= 0.6 is 0 Å². The number of carboxylic acid groups (broad SMARTS) is 1. The summed E-state index contributed by atoms with van der Waals surface area (Å²) in [6.07, 6.45) is 0. The molecule has 19 heavy (non-hydrogen) atoms. The lowest BCUT2D eigenvalue weighted by Crippen LogP contribution is -2.37. The van der Waals surface area contributed by atoms with E-state index < -0.39 is 45.8 Å². The molecule has 0 saturated carbocycles. The molecule has 0 spiro atoms. The van der Waals surface area contributed by atoms with Gasteiger partial charge in [-0.25, -0.2) is 4.79 Å². The van der Waals surface area contributed by atoms with E-state index in [9.17, 15) is 30.0 Å². The van der Waals surface area contributed by atoms with Crippen molar-refractivity contribution >= 4 is 28.9 Å². The summed E-state index contributed by atoms with van der Waals surface area (Å²) < 4.78 is 74.4. The molecule has 0 heterocycles. The predicted octanol–water partition coefficient (Wildman–Crippen LogP) is 1.34. The number of carboxylic acids is 1. The molecule has 1 aromatic carbocycles. The van der Waals surface area contributed by atoms with E-state index in [0.717, 1.165) is 6.92 Å². The quantitative estimate of drug-likeness (QED) is 0.515. The van der Waals surface area contributed by atoms with E-state index in [-0.39, 0.29) is 6.07 Å². The van der Waals surface area contributed by atoms with E-state index in [1.807, 2.05) is 0 Å². The maximum Gasteiger partial charge on any atom is 0.510 e. The Morgan fingerprint density at radius 2 is 1.84 bits per heavy atom. The minimum absolute atomic E-state index is 0.235. The Bertz CT molecular complexity index is 625. The van der Waals surface area contributed by atoms with Crippen molar-refractivity contribution in [1.82, 2.24) is 0 Å². The summed E-state index contributed by atoms with van der Waals surface area (Å²) >= 11 is 0. The summed E-state index contributed by atoms with van der Waals surface area (Å²) in [4.78, 5) is 10.8. The van der Waals surface area contributed by atoms with Gasteiger partial charge in [-0.3, -0.25) is 0 Å². The molecule has 106 valence electrons. The first-order chi connectivity index (χ1) is 8.42. The third-order valence-corrected chi connectivity index (χ3v) is 2.59. The molecule has 1 aromatic rings. The Morgan fingerprint density at radius 3 is 2.21 bits per heavy atom. The molecular formula is C8H6BF4O5S-. The first-order valence-corrected chi connectivity index (χ1v) is 5.94. The average Bonchev–Trinajstić information content (AvgIpc) is 2.16. The van der Waals surface area contributed by atoms with Gasteiger partial charge in [0.05, 0.1) is 5.56 Å². The second-order valence-corrected chi connectivity index (χ2v) is 4.49. The molecule has 0 unspecified atom stereocenters. The van der Waals surface area contributed by atoms with Crippen molar-refractivity contribution < 1.29 is 39.3 Å². The zero-order valence-corrected chi connectivity index (χ0v) is 10.0. The van der Waals surface area contributed by atoms with E-state index in [2.05, 4.69) is 4.18 Å². The fraction of sp³-hybridized carbons (Fsp3) is 0.125. The zero-order chi connectivity index (χ0) is 15.0. The van der Waals surface area contributed by atoms with Crippen LogP contribution in [0.15, 0.2) is 12.1 Å². The van der Waals surface area contributed by atoms with Crippen LogP contribution in [0.4, 0.5) is 16.8 Å². The molecule has 0 amide bonds. The molecule has 0 aliphatic carbocycles. The van der Waals surface area contributed by atoms with Crippen LogP contribution in [0.25, 0.3) is 0 Å². The van der Waals surface area contributed by atoms with Crippen LogP contribution in [0.5, 0.6) is 5.75 Å². The van der Waals surface area contributed by atoms with Crippen LogP contribution in [0.1, 0.15) is 15.9 Å². The molecule has 5 nitrogen and oxygen atoms in total. The number of rotatable bonds is 4. The Kier molecular flexibility index (Phi) is 3.80. The normalized spacial score (nSPS) is 12.3. The summed E-state index contributed by atoms with van der Waals surface area (Å²) in [7, 11) is -5.55. The molecule has 0 aromatic heterocycles. The van der Waals surface area contributed by atoms with Crippen molar-refractivity contribution in [3.63, 3.8) is 0 Å². The van der Waals surface area contributed by atoms with E-state index in [1.165, 1.54) is 0 Å². The van der Waals surface area contributed by atoms with Gasteiger partial charge >= 0.3 is 23.5 Å². The highest BCUT2D eigenvalue weighted by molar-refractivity contribution is 7.81. The van der Waals surface area contributed by atoms with Gasteiger partial charge in [0.1, 0.15) is 5.75 Å². The number of benzene rings is 1. The monoisotopic (exact) mass is 301 g/mol. The molecule has 0 radical (unpaired) electrons. The van der Waals surface area contributed by atoms with Crippen molar-refractivity contribution in [3.05, 3.63) is 23.3 Å². The predicted molar refractivity (Wildman–Crippen MR) is 57.5 cm³/mol. The number of halogens is 4. The second-order valence-electron chi connectivity index (χ2n) is 3.54. The Balaban J connectivity index is 3.53. The van der Waals surface area contributed by atoms with Gasteiger partial charge in [-0.1, -0.05) is 9.45 Å². The third kappa shape index (κ3) is 3.84. The molecule has 1 N–H and O–H groups in total. The van der Waals surface area contributed by atoms with Crippen molar-refractivity contribution in [2.24, 2.45) is 0 Å². The lowest BCUT2D eigenvalue weighted by atomic mass is 9.75. The number of carbonyl (C=O) groups is 1. The van der Waals surface area contributed by atoms with Gasteiger partial charge in [0.15, 0.2) is 0 Å². The van der Waals surface area contributed by atoms with Crippen LogP contribution in [0, 0.1) is 6.92 Å². The van der Waals surface area contributed by atoms with Gasteiger partial charge < -0.3 is 22.2 Å². The minimum Gasteiger partial charge on any atom is -0.478 e. The Labute approximate surface area is 105 Å². The highest BCUT2D eigenvalue weighted by Crippen LogP contribution is 2.22. The molecule has 1 rings (SSSR count). The molecule has 0 aliphatic heterocycles. The van der Waals surface area contributed by atoms with E-state index in [4.69, 9.17) is 5.11 Å². The molecule has 0 atom stereocenters. The lowest BCUT2D eigenvalue weighted by molar-refractivity contribution is 0.0696. The van der Waals surface area contributed by atoms with Gasteiger partial charge in [-0.05, 0) is 19.1 Å². The first kappa shape index (κ1) is 15.3. The fourth-order valence-electron chi connectivity index (χ4n) is 1.43. The maximum absolute atomic E-state index is 12.7. The van der Waals surface area contributed by atoms with Crippen molar-refractivity contribution in [2.45, 2.75) is 6.92 Å². The molecule has 0 aliphatic rings. The largest absolute Gasteiger partial charge is 0.510 e. The Morgan fingerprint density at radius 1 is 1.32 bits per heavy atom. The van der Waals surface area contributed by atoms with E-state index in [1.54, 1.807) is 0 Å². The highest BCUT2D eigenvalue weighted by atomic mass is 32.3. The van der Waals surface area contributed by atoms with Crippen LogP contribution in [-0.2, 0) is 10.5 Å². The molecule has 11 heteroatoms. The minimum atomic E-state index is -5.61. The summed E-state index contributed by atoms with van der Waals surface area (Å²) in [5, 5.41) is 8.72. The molecule has 0 fully saturated rings. The van der Waals surface area contributed by atoms with Crippen LogP contribution in [0.2, 0.25) is 0 Å². The zero-order valence-electron chi connectivity index (χ0n) is 9.23. The van der Waals surface area contributed by atoms with Gasteiger partial charge in [0.2, 0.25) is 0 Å². The summed E-state index contributed by atoms with van der Waals surface area (Å²) in [5.74, 6) is -2.78. The summed E-state index contributed by atoms with van der Waals surface area (Å²) in [6.45, 7) is -4.70. The molecule has 0 saturated heterocycles. The van der Waals surface area contributed by atoms with Crippen molar-refractivity contribution in [2.75, 3.05) is 0 Å². The second kappa shape index (κ2) is 4.72. The topological polar surface area (TPSA) is 80.7 Å². The smallest absolute Gasteiger partial charge is 0.478 e. The van der Waals surface area contributed by atoms with Gasteiger partial charge in [-0.2, -0.15) is 8.42 Å². The van der Waals surface area contributed by atoms with Crippen LogP contribution in [-0.4, -0.2) is 26.5 Å². The van der Waals surface area contributed by atoms with Gasteiger partial charge in [0.25, 0.3) is 0 Å². The van der Waals surface area contributed by atoms with Crippen LogP contribution < -0.4 is 9.65 Å². The average molecular weight is 301 g/mol. The molecule has 0 bridgehead atoms. The van der Waals surface area contributed by atoms with E-state index >= 15 is 0 Å². The molecular weight excluding hydrogens is 295 g/mol. The van der Waals surface area contributed by atoms with Crippen molar-refractivity contribution in [1.29, 1.82) is 0 Å². The standard InChI is InChI=1S/C8H6BF4O5S/c1-4-6(8(14)15)2-5(18-19(13,16)17)3-7(4)9(10,11)12/h2-3H,1H3,(H,14,15)/q-1. The van der Waals surface area contributed by atoms with E-state index in [0.29, 0.717) is 6.07 Å². The first-order valence-electron chi connectivity index (χ1n) is 4.63. The van der Waals surface area contributed by atoms with Gasteiger partial charge in [-0.15, -0.1) is 5.46 Å². The maximum atomic E-state index is 12.7. The summed E-state index contributed by atoms with van der Waals surface area (Å²) in [6, 6.07) is 0.735.